The van der Waals surface area contributed by atoms with Crippen LogP contribution >= 0.6 is 11.8 Å². The summed E-state index contributed by atoms with van der Waals surface area (Å²) in [6.45, 7) is 0.338. The summed E-state index contributed by atoms with van der Waals surface area (Å²) in [5.41, 5.74) is 2.86. The summed E-state index contributed by atoms with van der Waals surface area (Å²) in [4.78, 5) is 21.5. The number of aromatic nitrogens is 2. The zero-order valence-electron chi connectivity index (χ0n) is 17.1. The van der Waals surface area contributed by atoms with Crippen LogP contribution in [0.5, 0.6) is 5.75 Å². The zero-order chi connectivity index (χ0) is 22.2. The Morgan fingerprint density at radius 3 is 2.59 bits per heavy atom. The number of halogens is 1. The van der Waals surface area contributed by atoms with Crippen LogP contribution in [-0.4, -0.2) is 15.9 Å². The van der Waals surface area contributed by atoms with Crippen LogP contribution in [0.2, 0.25) is 0 Å². The van der Waals surface area contributed by atoms with E-state index in [-0.39, 0.29) is 11.7 Å². The first-order chi connectivity index (χ1) is 15.7. The van der Waals surface area contributed by atoms with Crippen molar-refractivity contribution in [3.8, 4) is 5.75 Å². The number of pyridine rings is 2. The van der Waals surface area contributed by atoms with Crippen molar-refractivity contribution in [2.75, 3.05) is 5.32 Å². The van der Waals surface area contributed by atoms with Crippen LogP contribution in [0, 0.1) is 5.82 Å². The molecule has 0 saturated heterocycles. The van der Waals surface area contributed by atoms with E-state index in [1.54, 1.807) is 48.8 Å². The van der Waals surface area contributed by atoms with Gasteiger partial charge in [0.05, 0.1) is 11.3 Å². The van der Waals surface area contributed by atoms with E-state index in [1.807, 2.05) is 30.3 Å². The van der Waals surface area contributed by atoms with Crippen LogP contribution in [-0.2, 0) is 12.4 Å². The second kappa shape index (κ2) is 10.5. The molecule has 0 aliphatic heterocycles. The van der Waals surface area contributed by atoms with Gasteiger partial charge in [0.15, 0.2) is 0 Å². The average Bonchev–Trinajstić information content (AvgIpc) is 2.83. The van der Waals surface area contributed by atoms with Gasteiger partial charge in [0.1, 0.15) is 23.2 Å². The van der Waals surface area contributed by atoms with E-state index in [1.165, 1.54) is 23.9 Å². The molecule has 0 spiro atoms. The first-order valence-corrected chi connectivity index (χ1v) is 10.9. The van der Waals surface area contributed by atoms with Crippen molar-refractivity contribution in [3.05, 3.63) is 114 Å². The molecule has 1 N–H and O–H groups in total. The molecule has 1 amide bonds. The quantitative estimate of drug-likeness (QED) is 0.351. The first kappa shape index (κ1) is 21.5. The Labute approximate surface area is 189 Å². The molecule has 7 heteroatoms. The third-order valence-corrected chi connectivity index (χ3v) is 5.59. The molecule has 5 nitrogen and oxygen atoms in total. The van der Waals surface area contributed by atoms with Crippen LogP contribution < -0.4 is 10.1 Å². The fraction of sp³-hybridized carbons (Fsp3) is 0.0800. The standard InChI is InChI=1S/C25H20FN3O2S/c26-19-11-9-18(10-12-19)17-32-25-23(8-4-14-28-25)24(30)29-20-6-3-7-22(15-20)31-16-21-5-1-2-13-27-21/h1-15H,16-17H2,(H,29,30). The maximum absolute atomic E-state index is 13.1. The number of nitrogens with zero attached hydrogens (tertiary/aromatic N) is 2. The minimum Gasteiger partial charge on any atom is -0.487 e. The predicted molar refractivity (Wildman–Crippen MR) is 123 cm³/mol. The Hall–Kier alpha value is -3.71. The lowest BCUT2D eigenvalue weighted by Gasteiger charge is -2.11. The molecule has 0 saturated carbocycles. The number of benzene rings is 2. The number of amides is 1. The SMILES string of the molecule is O=C(Nc1cccc(OCc2ccccn2)c1)c1cccnc1SCc1ccc(F)cc1. The Bertz CT molecular complexity index is 1190. The van der Waals surface area contributed by atoms with Crippen molar-refractivity contribution >= 4 is 23.4 Å². The smallest absolute Gasteiger partial charge is 0.258 e. The van der Waals surface area contributed by atoms with E-state index in [4.69, 9.17) is 4.74 Å². The van der Waals surface area contributed by atoms with Crippen molar-refractivity contribution in [2.24, 2.45) is 0 Å². The summed E-state index contributed by atoms with van der Waals surface area (Å²) >= 11 is 1.43. The highest BCUT2D eigenvalue weighted by Crippen LogP contribution is 2.26. The molecule has 0 unspecified atom stereocenters. The molecule has 0 atom stereocenters. The van der Waals surface area contributed by atoms with Gasteiger partial charge in [-0.2, -0.15) is 0 Å². The fourth-order valence-electron chi connectivity index (χ4n) is 2.91. The predicted octanol–water partition coefficient (Wildman–Crippen LogP) is 5.74. The average molecular weight is 446 g/mol. The van der Waals surface area contributed by atoms with Crippen LogP contribution in [0.4, 0.5) is 10.1 Å². The second-order valence-electron chi connectivity index (χ2n) is 6.86. The molecular weight excluding hydrogens is 425 g/mol. The maximum Gasteiger partial charge on any atom is 0.258 e. The molecule has 32 heavy (non-hydrogen) atoms. The minimum atomic E-state index is -0.275. The first-order valence-electron chi connectivity index (χ1n) is 9.94. The molecule has 0 bridgehead atoms. The van der Waals surface area contributed by atoms with E-state index in [0.717, 1.165) is 11.3 Å². The van der Waals surface area contributed by atoms with Crippen molar-refractivity contribution in [2.45, 2.75) is 17.4 Å². The largest absolute Gasteiger partial charge is 0.487 e. The topological polar surface area (TPSA) is 64.1 Å². The van der Waals surface area contributed by atoms with E-state index < -0.39 is 0 Å². The summed E-state index contributed by atoms with van der Waals surface area (Å²) in [7, 11) is 0. The number of rotatable bonds is 8. The van der Waals surface area contributed by atoms with Gasteiger partial charge >= 0.3 is 0 Å². The highest BCUT2D eigenvalue weighted by Gasteiger charge is 2.14. The summed E-state index contributed by atoms with van der Waals surface area (Å²) in [5.74, 6) is 0.670. The minimum absolute atomic E-state index is 0.262. The summed E-state index contributed by atoms with van der Waals surface area (Å²) in [6, 6.07) is 22.6. The number of thioether (sulfide) groups is 1. The highest BCUT2D eigenvalue weighted by atomic mass is 32.2. The highest BCUT2D eigenvalue weighted by molar-refractivity contribution is 7.98. The van der Waals surface area contributed by atoms with Crippen molar-refractivity contribution in [1.29, 1.82) is 0 Å². The molecule has 0 radical (unpaired) electrons. The van der Waals surface area contributed by atoms with Gasteiger partial charge in [0.2, 0.25) is 0 Å². The lowest BCUT2D eigenvalue weighted by Crippen LogP contribution is -2.13. The number of carbonyl (C=O) groups is 1. The van der Waals surface area contributed by atoms with Crippen LogP contribution in [0.15, 0.2) is 96.3 Å². The number of ether oxygens (including phenoxy) is 1. The number of anilines is 1. The van der Waals surface area contributed by atoms with Crippen molar-refractivity contribution in [1.82, 2.24) is 9.97 Å². The lowest BCUT2D eigenvalue weighted by molar-refractivity contribution is 0.102. The number of hydrogen-bond donors (Lipinski definition) is 1. The number of nitrogens with one attached hydrogen (secondary N) is 1. The molecule has 0 fully saturated rings. The molecule has 2 aromatic heterocycles. The Balaban J connectivity index is 1.41. The van der Waals surface area contributed by atoms with Crippen LogP contribution in [0.1, 0.15) is 21.6 Å². The van der Waals surface area contributed by atoms with Crippen LogP contribution in [0.3, 0.4) is 0 Å². The third-order valence-electron chi connectivity index (χ3n) is 4.51. The van der Waals surface area contributed by atoms with Gasteiger partial charge in [0.25, 0.3) is 5.91 Å². The molecule has 0 aliphatic rings. The number of hydrogen-bond acceptors (Lipinski definition) is 5. The van der Waals surface area contributed by atoms with Gasteiger partial charge in [-0.05, 0) is 54.1 Å². The van der Waals surface area contributed by atoms with E-state index in [2.05, 4.69) is 15.3 Å². The van der Waals surface area contributed by atoms with Gasteiger partial charge in [-0.3, -0.25) is 9.78 Å². The summed E-state index contributed by atoms with van der Waals surface area (Å²) < 4.78 is 18.9. The molecule has 0 aliphatic carbocycles. The van der Waals surface area contributed by atoms with Gasteiger partial charge in [-0.1, -0.05) is 24.3 Å². The van der Waals surface area contributed by atoms with Gasteiger partial charge < -0.3 is 10.1 Å². The van der Waals surface area contributed by atoms with Crippen molar-refractivity contribution in [3.63, 3.8) is 0 Å². The number of carbonyl (C=O) groups excluding carboxylic acids is 1. The van der Waals surface area contributed by atoms with Gasteiger partial charge in [0, 0.05) is 29.9 Å². The molecule has 4 aromatic rings. The molecular formula is C25H20FN3O2S. The monoisotopic (exact) mass is 445 g/mol. The molecule has 4 rings (SSSR count). The van der Waals surface area contributed by atoms with Crippen molar-refractivity contribution < 1.29 is 13.9 Å². The summed E-state index contributed by atoms with van der Waals surface area (Å²) in [6.07, 6.45) is 3.37. The zero-order valence-corrected chi connectivity index (χ0v) is 17.9. The van der Waals surface area contributed by atoms with Crippen LogP contribution in [0.25, 0.3) is 0 Å². The summed E-state index contributed by atoms with van der Waals surface area (Å²) in [5, 5.41) is 3.51. The fourth-order valence-corrected chi connectivity index (χ4v) is 3.86. The third kappa shape index (κ3) is 5.92. The van der Waals surface area contributed by atoms with Gasteiger partial charge in [-0.15, -0.1) is 11.8 Å². The normalized spacial score (nSPS) is 10.5. The maximum atomic E-state index is 13.1. The van der Waals surface area contributed by atoms with E-state index in [0.29, 0.717) is 34.4 Å². The molecule has 2 heterocycles. The van der Waals surface area contributed by atoms with E-state index >= 15 is 0 Å². The van der Waals surface area contributed by atoms with E-state index in [9.17, 15) is 9.18 Å². The lowest BCUT2D eigenvalue weighted by atomic mass is 10.2. The Morgan fingerprint density at radius 1 is 0.938 bits per heavy atom. The Morgan fingerprint density at radius 2 is 1.78 bits per heavy atom. The van der Waals surface area contributed by atoms with Gasteiger partial charge in [-0.25, -0.2) is 9.37 Å². The second-order valence-corrected chi connectivity index (χ2v) is 7.83. The molecule has 160 valence electrons. The Kier molecular flexibility index (Phi) is 7.09. The molecule has 2 aromatic carbocycles.